The van der Waals surface area contributed by atoms with Gasteiger partial charge in [-0.15, -0.1) is 0 Å². The van der Waals surface area contributed by atoms with Crippen LogP contribution in [0.15, 0.2) is 60.9 Å². The number of aromatic nitrogens is 4. The summed E-state index contributed by atoms with van der Waals surface area (Å²) in [6, 6.07) is 16.6. The maximum Gasteiger partial charge on any atom is 0.242 e. The van der Waals surface area contributed by atoms with E-state index in [2.05, 4.69) is 20.2 Å². The minimum atomic E-state index is -0.738. The first-order chi connectivity index (χ1) is 22.5. The van der Waals surface area contributed by atoms with Gasteiger partial charge < -0.3 is 30.9 Å². The van der Waals surface area contributed by atoms with E-state index in [1.807, 2.05) is 64.2 Å². The summed E-state index contributed by atoms with van der Waals surface area (Å²) in [5.41, 5.74) is 8.53. The molecule has 2 aromatic carbocycles. The fourth-order valence-corrected chi connectivity index (χ4v) is 7.11. The van der Waals surface area contributed by atoms with E-state index in [0.717, 1.165) is 50.1 Å². The molecule has 0 saturated carbocycles. The lowest BCUT2D eigenvalue weighted by Gasteiger charge is -2.46. The van der Waals surface area contributed by atoms with Crippen LogP contribution in [-0.4, -0.2) is 104 Å². The number of nitrogens with zero attached hydrogens (tertiary/aromatic N) is 6. The molecule has 242 valence electrons. The minimum absolute atomic E-state index is 0.0374. The Bertz CT molecular complexity index is 1630. The Morgan fingerprint density at radius 3 is 2.37 bits per heavy atom. The van der Waals surface area contributed by atoms with Crippen LogP contribution in [0.5, 0.6) is 11.5 Å². The van der Waals surface area contributed by atoms with Gasteiger partial charge in [-0.2, -0.15) is 5.10 Å². The van der Waals surface area contributed by atoms with E-state index in [0.29, 0.717) is 54.5 Å². The Labute approximate surface area is 268 Å². The molecule has 4 aromatic rings. The Morgan fingerprint density at radius 2 is 1.67 bits per heavy atom. The molecule has 46 heavy (non-hydrogen) atoms. The van der Waals surface area contributed by atoms with E-state index in [4.69, 9.17) is 15.6 Å². The molecule has 3 aliphatic heterocycles. The van der Waals surface area contributed by atoms with Crippen molar-refractivity contribution < 1.29 is 19.7 Å². The standard InChI is InChI=1S/C34H42N8O4/c35-32-28-29(23-6-8-27(9-7-23)46-26-4-2-1-3-5-26)39-42(33(28)38-21-37-32)25-18-41(19-25)34(45)30(31(44)24-10-14-36-15-11-24)40-16-12-22(20-43)13-17-40/h1-9,21-22,24-25,30-31,36,43-44H,10-20H2,(H2,35,37,38). The molecule has 7 rings (SSSR count). The molecule has 12 heteroatoms. The van der Waals surface area contributed by atoms with Crippen LogP contribution in [0.1, 0.15) is 31.7 Å². The first-order valence-electron chi connectivity index (χ1n) is 16.3. The Morgan fingerprint density at radius 1 is 0.978 bits per heavy atom. The number of aliphatic hydroxyl groups excluding tert-OH is 2. The third kappa shape index (κ3) is 6.05. The van der Waals surface area contributed by atoms with Gasteiger partial charge in [-0.25, -0.2) is 14.6 Å². The second-order valence-electron chi connectivity index (χ2n) is 12.8. The number of hydrogen-bond donors (Lipinski definition) is 4. The molecule has 12 nitrogen and oxygen atoms in total. The molecule has 0 bridgehead atoms. The average Bonchev–Trinajstić information content (AvgIpc) is 3.46. The summed E-state index contributed by atoms with van der Waals surface area (Å²) >= 11 is 0. The number of benzene rings is 2. The maximum atomic E-state index is 14.1. The number of para-hydroxylation sites is 1. The van der Waals surface area contributed by atoms with Gasteiger partial charge in [-0.1, -0.05) is 18.2 Å². The van der Waals surface area contributed by atoms with Crippen molar-refractivity contribution in [3.8, 4) is 22.8 Å². The summed E-state index contributed by atoms with van der Waals surface area (Å²) in [7, 11) is 0. The van der Waals surface area contributed by atoms with Gasteiger partial charge in [-0.05, 0) is 100 Å². The van der Waals surface area contributed by atoms with E-state index in [1.165, 1.54) is 6.33 Å². The number of piperidine rings is 2. The number of rotatable bonds is 9. The third-order valence-corrected chi connectivity index (χ3v) is 9.89. The number of carbonyl (C=O) groups excluding carboxylic acids is 1. The third-order valence-electron chi connectivity index (χ3n) is 9.89. The van der Waals surface area contributed by atoms with Gasteiger partial charge in [0, 0.05) is 25.3 Å². The van der Waals surface area contributed by atoms with Crippen LogP contribution in [0.3, 0.4) is 0 Å². The number of amides is 1. The molecular weight excluding hydrogens is 584 g/mol. The van der Waals surface area contributed by atoms with E-state index in [-0.39, 0.29) is 30.4 Å². The molecule has 0 spiro atoms. The van der Waals surface area contributed by atoms with Crippen LogP contribution in [0, 0.1) is 11.8 Å². The van der Waals surface area contributed by atoms with E-state index < -0.39 is 12.1 Å². The Kier molecular flexibility index (Phi) is 8.85. The minimum Gasteiger partial charge on any atom is -0.457 e. The number of hydrogen-bond acceptors (Lipinski definition) is 10. The Balaban J connectivity index is 1.10. The number of likely N-dealkylation sites (tertiary alicyclic amines) is 2. The SMILES string of the molecule is Nc1ncnc2c1c(-c1ccc(Oc3ccccc3)cc1)nn2C1CN(C(=O)C(C(O)C2CCNCC2)N2CCC(CO)CC2)C1. The highest BCUT2D eigenvalue weighted by Crippen LogP contribution is 2.36. The summed E-state index contributed by atoms with van der Waals surface area (Å²) in [6.07, 6.45) is 4.05. The highest BCUT2D eigenvalue weighted by atomic mass is 16.5. The van der Waals surface area contributed by atoms with Crippen molar-refractivity contribution >= 4 is 22.8 Å². The highest BCUT2D eigenvalue weighted by Gasteiger charge is 2.44. The van der Waals surface area contributed by atoms with Crippen molar-refractivity contribution in [1.29, 1.82) is 0 Å². The predicted molar refractivity (Wildman–Crippen MR) is 174 cm³/mol. The Hall–Kier alpha value is -4.10. The van der Waals surface area contributed by atoms with Gasteiger partial charge in [0.15, 0.2) is 5.65 Å². The largest absolute Gasteiger partial charge is 0.457 e. The molecule has 2 unspecified atom stereocenters. The van der Waals surface area contributed by atoms with Crippen LogP contribution in [0.25, 0.3) is 22.3 Å². The number of anilines is 1. The number of nitrogens with one attached hydrogen (secondary N) is 1. The lowest BCUT2D eigenvalue weighted by molar-refractivity contribution is -0.151. The number of nitrogens with two attached hydrogens (primary N) is 1. The van der Waals surface area contributed by atoms with Gasteiger partial charge in [0.25, 0.3) is 0 Å². The average molecular weight is 627 g/mol. The van der Waals surface area contributed by atoms with Gasteiger partial charge in [0.1, 0.15) is 35.4 Å². The van der Waals surface area contributed by atoms with Crippen molar-refractivity contribution in [2.45, 2.75) is 43.9 Å². The van der Waals surface area contributed by atoms with Crippen molar-refractivity contribution in [3.05, 3.63) is 60.9 Å². The number of ether oxygens (including phenoxy) is 1. The van der Waals surface area contributed by atoms with E-state index >= 15 is 0 Å². The van der Waals surface area contributed by atoms with Gasteiger partial charge in [0.05, 0.1) is 17.5 Å². The predicted octanol–water partition coefficient (Wildman–Crippen LogP) is 2.68. The summed E-state index contributed by atoms with van der Waals surface area (Å²) in [6.45, 7) is 4.18. The van der Waals surface area contributed by atoms with Gasteiger partial charge in [0.2, 0.25) is 5.91 Å². The number of aliphatic hydroxyl groups is 2. The van der Waals surface area contributed by atoms with Crippen molar-refractivity contribution in [3.63, 3.8) is 0 Å². The first kappa shape index (κ1) is 30.5. The normalized spacial score (nSPS) is 20.0. The summed E-state index contributed by atoms with van der Waals surface area (Å²) in [5, 5.41) is 30.3. The zero-order chi connectivity index (χ0) is 31.6. The number of fused-ring (bicyclic) bond motifs is 1. The molecular formula is C34H42N8O4. The van der Waals surface area contributed by atoms with Crippen LogP contribution in [0.2, 0.25) is 0 Å². The van der Waals surface area contributed by atoms with Crippen LogP contribution in [0.4, 0.5) is 5.82 Å². The van der Waals surface area contributed by atoms with Crippen LogP contribution >= 0.6 is 0 Å². The van der Waals surface area contributed by atoms with E-state index in [9.17, 15) is 15.0 Å². The van der Waals surface area contributed by atoms with Crippen LogP contribution in [-0.2, 0) is 4.79 Å². The van der Waals surface area contributed by atoms with Crippen LogP contribution < -0.4 is 15.8 Å². The van der Waals surface area contributed by atoms with E-state index in [1.54, 1.807) is 0 Å². The topological polar surface area (TPSA) is 155 Å². The molecule has 3 aliphatic rings. The fraction of sp³-hybridized carbons (Fsp3) is 0.471. The lowest BCUT2D eigenvalue weighted by atomic mass is 9.85. The molecule has 0 aliphatic carbocycles. The van der Waals surface area contributed by atoms with Gasteiger partial charge >= 0.3 is 0 Å². The summed E-state index contributed by atoms with van der Waals surface area (Å²) < 4.78 is 7.83. The lowest BCUT2D eigenvalue weighted by Crippen LogP contribution is -2.63. The molecule has 3 fully saturated rings. The zero-order valence-electron chi connectivity index (χ0n) is 25.9. The van der Waals surface area contributed by atoms with Gasteiger partial charge in [-0.3, -0.25) is 9.69 Å². The quantitative estimate of drug-likeness (QED) is 0.218. The summed E-state index contributed by atoms with van der Waals surface area (Å²) in [4.78, 5) is 26.9. The maximum absolute atomic E-state index is 14.1. The molecule has 5 heterocycles. The first-order valence-corrected chi connectivity index (χ1v) is 16.3. The van der Waals surface area contributed by atoms with Crippen molar-refractivity contribution in [1.82, 2.24) is 34.9 Å². The fourth-order valence-electron chi connectivity index (χ4n) is 7.11. The summed E-state index contributed by atoms with van der Waals surface area (Å²) in [5.74, 6) is 2.10. The zero-order valence-corrected chi connectivity index (χ0v) is 25.9. The molecule has 1 amide bonds. The highest BCUT2D eigenvalue weighted by molar-refractivity contribution is 5.98. The number of carbonyl (C=O) groups is 1. The molecule has 2 aromatic heterocycles. The molecule has 3 saturated heterocycles. The molecule has 0 radical (unpaired) electrons. The smallest absolute Gasteiger partial charge is 0.242 e. The van der Waals surface area contributed by atoms with Crippen molar-refractivity contribution in [2.75, 3.05) is 51.6 Å². The molecule has 5 N–H and O–H groups in total. The molecule has 2 atom stereocenters. The monoisotopic (exact) mass is 626 g/mol. The van der Waals surface area contributed by atoms with Crippen molar-refractivity contribution in [2.24, 2.45) is 11.8 Å². The second kappa shape index (κ2) is 13.3. The number of nitrogen functional groups attached to an aromatic ring is 1. The second-order valence-corrected chi connectivity index (χ2v) is 12.8.